The second-order valence-corrected chi connectivity index (χ2v) is 6.32. The molecule has 0 spiro atoms. The third-order valence-corrected chi connectivity index (χ3v) is 4.54. The highest BCUT2D eigenvalue weighted by molar-refractivity contribution is 5.79. The van der Waals surface area contributed by atoms with Crippen LogP contribution in [0.25, 0.3) is 0 Å². The van der Waals surface area contributed by atoms with Gasteiger partial charge in [-0.05, 0) is 54.8 Å². The number of benzene rings is 2. The van der Waals surface area contributed by atoms with Gasteiger partial charge in [0.15, 0.2) is 11.5 Å². The van der Waals surface area contributed by atoms with Gasteiger partial charge in [-0.2, -0.15) is 0 Å². The Kier molecular flexibility index (Phi) is 6.06. The molecule has 0 fully saturated rings. The maximum Gasteiger partial charge on any atom is 0.227 e. The van der Waals surface area contributed by atoms with Gasteiger partial charge in [0.05, 0.1) is 26.7 Å². The molecule has 0 saturated heterocycles. The van der Waals surface area contributed by atoms with Crippen LogP contribution in [0.1, 0.15) is 18.1 Å². The van der Waals surface area contributed by atoms with Crippen LogP contribution in [0, 0.1) is 5.92 Å². The van der Waals surface area contributed by atoms with E-state index in [1.165, 1.54) is 0 Å². The molecule has 0 bridgehead atoms. The molecule has 1 aliphatic heterocycles. The summed E-state index contributed by atoms with van der Waals surface area (Å²) in [5.74, 6) is 2.67. The van der Waals surface area contributed by atoms with Crippen molar-refractivity contribution in [3.63, 3.8) is 0 Å². The topological polar surface area (TPSA) is 66.0 Å². The van der Waals surface area contributed by atoms with E-state index in [9.17, 15) is 4.79 Å². The Labute approximate surface area is 159 Å². The van der Waals surface area contributed by atoms with Crippen molar-refractivity contribution in [2.75, 3.05) is 27.4 Å². The highest BCUT2D eigenvalue weighted by Crippen LogP contribution is 2.31. The monoisotopic (exact) mass is 371 g/mol. The van der Waals surface area contributed by atoms with Crippen LogP contribution < -0.4 is 24.3 Å². The quantitative estimate of drug-likeness (QED) is 0.811. The number of hydrogen-bond donors (Lipinski definition) is 1. The summed E-state index contributed by atoms with van der Waals surface area (Å²) in [7, 11) is 3.23. The van der Waals surface area contributed by atoms with Crippen LogP contribution >= 0.6 is 0 Å². The summed E-state index contributed by atoms with van der Waals surface area (Å²) in [6.07, 6.45) is 0.630. The van der Waals surface area contributed by atoms with Crippen LogP contribution in [0.4, 0.5) is 0 Å². The Morgan fingerprint density at radius 1 is 1.15 bits per heavy atom. The first kappa shape index (κ1) is 18.9. The highest BCUT2D eigenvalue weighted by Gasteiger charge is 2.26. The Morgan fingerprint density at radius 2 is 2.00 bits per heavy atom. The molecule has 1 heterocycles. The summed E-state index contributed by atoms with van der Waals surface area (Å²) in [4.78, 5) is 12.6. The van der Waals surface area contributed by atoms with E-state index in [1.54, 1.807) is 14.2 Å². The second kappa shape index (κ2) is 8.66. The van der Waals surface area contributed by atoms with Crippen molar-refractivity contribution in [3.05, 3.63) is 47.5 Å². The van der Waals surface area contributed by atoms with Gasteiger partial charge in [-0.25, -0.2) is 0 Å². The zero-order chi connectivity index (χ0) is 19.2. The molecule has 1 atom stereocenters. The van der Waals surface area contributed by atoms with Gasteiger partial charge in [0, 0.05) is 6.54 Å². The van der Waals surface area contributed by atoms with Crippen LogP contribution in [0.3, 0.4) is 0 Å². The van der Waals surface area contributed by atoms with Gasteiger partial charge in [-0.15, -0.1) is 0 Å². The van der Waals surface area contributed by atoms with Crippen LogP contribution in [0.2, 0.25) is 0 Å². The summed E-state index contributed by atoms with van der Waals surface area (Å²) in [5, 5.41) is 2.98. The number of ether oxygens (including phenoxy) is 4. The number of carbonyl (C=O) groups is 1. The average Bonchev–Trinajstić information content (AvgIpc) is 2.72. The van der Waals surface area contributed by atoms with Gasteiger partial charge in [0.25, 0.3) is 0 Å². The molecule has 0 aromatic heterocycles. The first-order valence-corrected chi connectivity index (χ1v) is 9.01. The van der Waals surface area contributed by atoms with Crippen molar-refractivity contribution in [1.29, 1.82) is 0 Å². The number of nitrogens with one attached hydrogen (secondary N) is 1. The van der Waals surface area contributed by atoms with E-state index in [1.807, 2.05) is 43.3 Å². The average molecular weight is 371 g/mol. The lowest BCUT2D eigenvalue weighted by Crippen LogP contribution is -2.37. The molecule has 1 amide bonds. The summed E-state index contributed by atoms with van der Waals surface area (Å²) < 4.78 is 21.9. The minimum Gasteiger partial charge on any atom is -0.497 e. The zero-order valence-corrected chi connectivity index (χ0v) is 15.9. The molecule has 3 rings (SSSR count). The predicted octanol–water partition coefficient (Wildman–Crippen LogP) is 2.97. The number of hydrogen-bond acceptors (Lipinski definition) is 5. The molecular formula is C21H25NO5. The van der Waals surface area contributed by atoms with Crippen molar-refractivity contribution in [2.24, 2.45) is 5.92 Å². The van der Waals surface area contributed by atoms with E-state index < -0.39 is 0 Å². The standard InChI is InChI=1S/C21H25NO5/c1-4-26-19-7-5-14(9-20(19)25-3)12-22-21(23)16-10-15-11-17(24-2)6-8-18(15)27-13-16/h5-9,11,16H,4,10,12-13H2,1-3H3,(H,22,23)/t16-/m0/s1. The van der Waals surface area contributed by atoms with Gasteiger partial charge in [-0.3, -0.25) is 4.79 Å². The smallest absolute Gasteiger partial charge is 0.227 e. The Bertz CT molecular complexity index is 805. The van der Waals surface area contributed by atoms with E-state index in [0.29, 0.717) is 37.7 Å². The summed E-state index contributed by atoms with van der Waals surface area (Å²) in [5.41, 5.74) is 1.94. The molecule has 2 aromatic carbocycles. The molecule has 0 saturated carbocycles. The van der Waals surface area contributed by atoms with Crippen molar-refractivity contribution < 1.29 is 23.7 Å². The largest absolute Gasteiger partial charge is 0.497 e. The molecule has 1 N–H and O–H groups in total. The van der Waals surface area contributed by atoms with E-state index in [4.69, 9.17) is 18.9 Å². The van der Waals surface area contributed by atoms with Crippen LogP contribution in [0.15, 0.2) is 36.4 Å². The Balaban J connectivity index is 1.61. The van der Waals surface area contributed by atoms with Gasteiger partial charge >= 0.3 is 0 Å². The number of carbonyl (C=O) groups excluding carboxylic acids is 1. The lowest BCUT2D eigenvalue weighted by atomic mass is 9.95. The van der Waals surface area contributed by atoms with Gasteiger partial charge < -0.3 is 24.3 Å². The van der Waals surface area contributed by atoms with Crippen molar-refractivity contribution in [3.8, 4) is 23.0 Å². The van der Waals surface area contributed by atoms with Crippen LogP contribution in [0.5, 0.6) is 23.0 Å². The molecule has 6 heteroatoms. The minimum absolute atomic E-state index is 0.0312. The first-order valence-electron chi connectivity index (χ1n) is 9.01. The second-order valence-electron chi connectivity index (χ2n) is 6.32. The van der Waals surface area contributed by atoms with E-state index in [-0.39, 0.29) is 11.8 Å². The summed E-state index contributed by atoms with van der Waals surface area (Å²) >= 11 is 0. The van der Waals surface area contributed by atoms with E-state index in [0.717, 1.165) is 22.6 Å². The number of rotatable bonds is 7. The fourth-order valence-electron chi connectivity index (χ4n) is 3.10. The molecule has 2 aromatic rings. The first-order chi connectivity index (χ1) is 13.1. The number of fused-ring (bicyclic) bond motifs is 1. The molecule has 0 unspecified atom stereocenters. The highest BCUT2D eigenvalue weighted by atomic mass is 16.5. The van der Waals surface area contributed by atoms with E-state index >= 15 is 0 Å². The predicted molar refractivity (Wildman–Crippen MR) is 102 cm³/mol. The third-order valence-electron chi connectivity index (χ3n) is 4.54. The summed E-state index contributed by atoms with van der Waals surface area (Å²) in [6.45, 7) is 3.29. The maximum absolute atomic E-state index is 12.6. The molecule has 1 aliphatic rings. The molecule has 0 aliphatic carbocycles. The molecule has 27 heavy (non-hydrogen) atoms. The van der Waals surface area contributed by atoms with Gasteiger partial charge in [0.1, 0.15) is 18.1 Å². The Morgan fingerprint density at radius 3 is 2.74 bits per heavy atom. The molecule has 0 radical (unpaired) electrons. The van der Waals surface area contributed by atoms with Crippen molar-refractivity contribution in [1.82, 2.24) is 5.32 Å². The maximum atomic E-state index is 12.6. The van der Waals surface area contributed by atoms with Crippen molar-refractivity contribution >= 4 is 5.91 Å². The van der Waals surface area contributed by atoms with Crippen LogP contribution in [-0.2, 0) is 17.8 Å². The zero-order valence-electron chi connectivity index (χ0n) is 15.9. The van der Waals surface area contributed by atoms with Crippen LogP contribution in [-0.4, -0.2) is 33.3 Å². The van der Waals surface area contributed by atoms with Gasteiger partial charge in [-0.1, -0.05) is 6.07 Å². The normalized spacial score (nSPS) is 15.3. The SMILES string of the molecule is CCOc1ccc(CNC(=O)[C@@H]2COc3ccc(OC)cc3C2)cc1OC. The summed E-state index contributed by atoms with van der Waals surface area (Å²) in [6, 6.07) is 11.3. The van der Waals surface area contributed by atoms with Crippen molar-refractivity contribution in [2.45, 2.75) is 19.9 Å². The Hall–Kier alpha value is -2.89. The fourth-order valence-corrected chi connectivity index (χ4v) is 3.10. The number of methoxy groups -OCH3 is 2. The minimum atomic E-state index is -0.228. The molecular weight excluding hydrogens is 346 g/mol. The number of amides is 1. The molecule has 6 nitrogen and oxygen atoms in total. The van der Waals surface area contributed by atoms with E-state index in [2.05, 4.69) is 5.32 Å². The fraction of sp³-hybridized carbons (Fsp3) is 0.381. The molecule has 144 valence electrons. The third kappa shape index (κ3) is 4.45. The lowest BCUT2D eigenvalue weighted by molar-refractivity contribution is -0.126. The van der Waals surface area contributed by atoms with Gasteiger partial charge in [0.2, 0.25) is 5.91 Å². The lowest BCUT2D eigenvalue weighted by Gasteiger charge is -2.25.